The molecule has 1 fully saturated rings. The van der Waals surface area contributed by atoms with Crippen LogP contribution in [0.2, 0.25) is 0 Å². The van der Waals surface area contributed by atoms with Gasteiger partial charge < -0.3 is 10.8 Å². The molecule has 1 aromatic rings. The summed E-state index contributed by atoms with van der Waals surface area (Å²) in [7, 11) is 0. The molecule has 88 valence electrons. The topological polar surface area (TPSA) is 94.0 Å². The second-order valence-corrected chi connectivity index (χ2v) is 5.17. The van der Waals surface area contributed by atoms with Crippen LogP contribution in [0.25, 0.3) is 0 Å². The lowest BCUT2D eigenvalue weighted by atomic mass is 10.1. The number of aliphatic hydroxyl groups is 1. The summed E-state index contributed by atoms with van der Waals surface area (Å²) in [4.78, 5) is 18.9. The fourth-order valence-corrected chi connectivity index (χ4v) is 3.28. The van der Waals surface area contributed by atoms with Crippen LogP contribution in [0, 0.1) is 0 Å². The molecule has 1 aliphatic rings. The third-order valence-corrected chi connectivity index (χ3v) is 4.39. The Morgan fingerprint density at radius 3 is 3.06 bits per heavy atom. The van der Waals surface area contributed by atoms with Crippen LogP contribution < -0.4 is 11.4 Å². The molecule has 3 atom stereocenters. The molecule has 0 bridgehead atoms. The number of hydrogen-bond acceptors (Lipinski definition) is 6. The van der Waals surface area contributed by atoms with Crippen LogP contribution in [0.1, 0.15) is 25.1 Å². The second-order valence-electron chi connectivity index (χ2n) is 3.74. The molecule has 0 aliphatic carbocycles. The molecule has 0 saturated carbocycles. The van der Waals surface area contributed by atoms with E-state index in [9.17, 15) is 9.90 Å². The van der Waals surface area contributed by atoms with Crippen molar-refractivity contribution in [1.29, 1.82) is 0 Å². The minimum atomic E-state index is -0.408. The Kier molecular flexibility index (Phi) is 3.15. The van der Waals surface area contributed by atoms with Gasteiger partial charge in [-0.25, -0.2) is 9.78 Å². The lowest BCUT2D eigenvalue weighted by Gasteiger charge is -2.11. The highest BCUT2D eigenvalue weighted by molar-refractivity contribution is 8.00. The average Bonchev–Trinajstić information content (AvgIpc) is 2.59. The first-order valence-electron chi connectivity index (χ1n) is 5.16. The Hall–Kier alpha value is -1.08. The predicted octanol–water partition coefficient (Wildman–Crippen LogP) is -0.00450. The van der Waals surface area contributed by atoms with Gasteiger partial charge >= 0.3 is 5.69 Å². The van der Waals surface area contributed by atoms with Crippen molar-refractivity contribution in [2.24, 2.45) is 0 Å². The highest BCUT2D eigenvalue weighted by Crippen LogP contribution is 2.41. The van der Waals surface area contributed by atoms with Crippen molar-refractivity contribution in [2.75, 3.05) is 5.73 Å². The normalized spacial score (nSPS) is 29.5. The highest BCUT2D eigenvalue weighted by Gasteiger charge is 2.34. The van der Waals surface area contributed by atoms with E-state index in [1.54, 1.807) is 11.8 Å². The highest BCUT2D eigenvalue weighted by atomic mass is 32.2. The first-order chi connectivity index (χ1) is 7.61. The number of hydrogen-bond donors (Lipinski definition) is 2. The molecule has 0 amide bonds. The van der Waals surface area contributed by atoms with Gasteiger partial charge in [0.2, 0.25) is 5.95 Å². The molecule has 1 saturated heterocycles. The fourth-order valence-electron chi connectivity index (χ4n) is 1.81. The lowest BCUT2D eigenvalue weighted by Crippen LogP contribution is -2.26. The molecule has 0 spiro atoms. The maximum Gasteiger partial charge on any atom is 0.353 e. The van der Waals surface area contributed by atoms with Gasteiger partial charge in [0.15, 0.2) is 0 Å². The van der Waals surface area contributed by atoms with Gasteiger partial charge in [-0.15, -0.1) is 11.8 Å². The van der Waals surface area contributed by atoms with Crippen LogP contribution in [-0.4, -0.2) is 31.0 Å². The van der Waals surface area contributed by atoms with Crippen LogP contribution >= 0.6 is 11.8 Å². The van der Waals surface area contributed by atoms with E-state index in [0.717, 1.165) is 6.42 Å². The molecule has 6 nitrogen and oxygen atoms in total. The number of anilines is 1. The zero-order valence-corrected chi connectivity index (χ0v) is 9.72. The molecule has 0 radical (unpaired) electrons. The first-order valence-corrected chi connectivity index (χ1v) is 6.10. The SMILES string of the molecule is CC[C@H]1S[C@@H](n2cnc(N)nc2=O)C[C@H]1O. The molecule has 1 aliphatic heterocycles. The minimum Gasteiger partial charge on any atom is -0.392 e. The Labute approximate surface area is 96.9 Å². The summed E-state index contributed by atoms with van der Waals surface area (Å²) in [6.45, 7) is 2.02. The monoisotopic (exact) mass is 242 g/mol. The molecular weight excluding hydrogens is 228 g/mol. The van der Waals surface area contributed by atoms with Gasteiger partial charge in [0.1, 0.15) is 6.33 Å². The number of aromatic nitrogens is 3. The van der Waals surface area contributed by atoms with Gasteiger partial charge in [-0.1, -0.05) is 6.92 Å². The Morgan fingerprint density at radius 2 is 2.50 bits per heavy atom. The quantitative estimate of drug-likeness (QED) is 0.758. The van der Waals surface area contributed by atoms with Gasteiger partial charge in [0.25, 0.3) is 0 Å². The number of nitrogen functional groups attached to an aromatic ring is 1. The van der Waals surface area contributed by atoms with E-state index in [1.807, 2.05) is 6.92 Å². The van der Waals surface area contributed by atoms with E-state index in [4.69, 9.17) is 5.73 Å². The summed E-state index contributed by atoms with van der Waals surface area (Å²) in [5.41, 5.74) is 4.91. The largest absolute Gasteiger partial charge is 0.392 e. The molecule has 0 unspecified atom stereocenters. The number of nitrogens with zero attached hydrogens (tertiary/aromatic N) is 3. The van der Waals surface area contributed by atoms with Gasteiger partial charge in [-0.3, -0.25) is 4.57 Å². The molecule has 16 heavy (non-hydrogen) atoms. The predicted molar refractivity (Wildman–Crippen MR) is 62.0 cm³/mol. The van der Waals surface area contributed by atoms with E-state index in [0.29, 0.717) is 6.42 Å². The summed E-state index contributed by atoms with van der Waals surface area (Å²) >= 11 is 1.58. The van der Waals surface area contributed by atoms with Crippen molar-refractivity contribution in [2.45, 2.75) is 36.5 Å². The van der Waals surface area contributed by atoms with E-state index < -0.39 is 5.69 Å². The van der Waals surface area contributed by atoms with Gasteiger partial charge in [0, 0.05) is 11.7 Å². The van der Waals surface area contributed by atoms with Crippen molar-refractivity contribution in [3.05, 3.63) is 16.8 Å². The van der Waals surface area contributed by atoms with E-state index in [-0.39, 0.29) is 22.7 Å². The van der Waals surface area contributed by atoms with Crippen molar-refractivity contribution in [3.8, 4) is 0 Å². The van der Waals surface area contributed by atoms with E-state index in [1.165, 1.54) is 10.9 Å². The molecule has 0 aromatic carbocycles. The standard InChI is InChI=1S/C9H14N4O2S/c1-2-6-5(14)3-7(16-6)13-4-11-8(10)12-9(13)15/h4-7,14H,2-3H2,1H3,(H2,10,12,15)/t5-,6-,7-/m1/s1. The maximum atomic E-state index is 11.6. The third-order valence-electron chi connectivity index (χ3n) is 2.66. The van der Waals surface area contributed by atoms with Crippen molar-refractivity contribution in [1.82, 2.24) is 14.5 Å². The molecule has 1 aromatic heterocycles. The van der Waals surface area contributed by atoms with Crippen LogP contribution in [0.5, 0.6) is 0 Å². The molecule has 3 N–H and O–H groups in total. The molecule has 7 heteroatoms. The van der Waals surface area contributed by atoms with Crippen LogP contribution in [0.15, 0.2) is 11.1 Å². The maximum absolute atomic E-state index is 11.6. The molecule has 2 rings (SSSR count). The van der Waals surface area contributed by atoms with Crippen molar-refractivity contribution >= 4 is 17.7 Å². The zero-order valence-electron chi connectivity index (χ0n) is 8.91. The average molecular weight is 242 g/mol. The molecule has 2 heterocycles. The van der Waals surface area contributed by atoms with Crippen LogP contribution in [0.3, 0.4) is 0 Å². The summed E-state index contributed by atoms with van der Waals surface area (Å²) in [6, 6.07) is 0. The van der Waals surface area contributed by atoms with Crippen LogP contribution in [-0.2, 0) is 0 Å². The van der Waals surface area contributed by atoms with Crippen LogP contribution in [0.4, 0.5) is 5.95 Å². The lowest BCUT2D eigenvalue weighted by molar-refractivity contribution is 0.163. The number of nitrogens with two attached hydrogens (primary N) is 1. The Balaban J connectivity index is 2.23. The van der Waals surface area contributed by atoms with Gasteiger partial charge in [-0.2, -0.15) is 4.98 Å². The van der Waals surface area contributed by atoms with Gasteiger partial charge in [-0.05, 0) is 6.42 Å². The van der Waals surface area contributed by atoms with Gasteiger partial charge in [0.05, 0.1) is 11.5 Å². The number of aliphatic hydroxyl groups excluding tert-OH is 1. The zero-order chi connectivity index (χ0) is 11.7. The summed E-state index contributed by atoms with van der Waals surface area (Å²) in [5, 5.41) is 9.85. The Morgan fingerprint density at radius 1 is 1.75 bits per heavy atom. The minimum absolute atomic E-state index is 0.0168. The van der Waals surface area contributed by atoms with E-state index in [2.05, 4.69) is 9.97 Å². The van der Waals surface area contributed by atoms with E-state index >= 15 is 0 Å². The summed E-state index contributed by atoms with van der Waals surface area (Å²) in [6.07, 6.45) is 2.46. The number of thioether (sulfide) groups is 1. The van der Waals surface area contributed by atoms with Crippen molar-refractivity contribution in [3.63, 3.8) is 0 Å². The number of rotatable bonds is 2. The first kappa shape index (κ1) is 11.4. The summed E-state index contributed by atoms with van der Waals surface area (Å²) in [5.74, 6) is -0.0168. The second kappa shape index (κ2) is 4.42. The third kappa shape index (κ3) is 2.05. The van der Waals surface area contributed by atoms with Crippen molar-refractivity contribution < 1.29 is 5.11 Å². The Bertz CT molecular complexity index is 436. The smallest absolute Gasteiger partial charge is 0.353 e. The fraction of sp³-hybridized carbons (Fsp3) is 0.667. The summed E-state index contributed by atoms with van der Waals surface area (Å²) < 4.78 is 1.43. The molecular formula is C9H14N4O2S.